The number of hydrogen-bond acceptors (Lipinski definition) is 6. The highest BCUT2D eigenvalue weighted by molar-refractivity contribution is 7.23. The Morgan fingerprint density at radius 3 is 2.76 bits per heavy atom. The standard InChI is InChI=1S/C15H9Cl2N3O4S/c1-24-11-5-3-9(17)13-12(11)18-15(25-13)19-14(21)8-6-7(16)2-4-10(8)20(22)23/h2-6H,1H3,(H,18,19,21). The molecule has 3 rings (SSSR count). The molecule has 10 heteroatoms. The van der Waals surface area contributed by atoms with Crippen molar-refractivity contribution in [2.75, 3.05) is 12.4 Å². The van der Waals surface area contributed by atoms with Crippen LogP contribution in [0.15, 0.2) is 30.3 Å². The van der Waals surface area contributed by atoms with E-state index >= 15 is 0 Å². The first-order valence-corrected chi connectivity index (χ1v) is 8.36. The monoisotopic (exact) mass is 397 g/mol. The lowest BCUT2D eigenvalue weighted by Gasteiger charge is -2.03. The molecule has 0 atom stereocenters. The van der Waals surface area contributed by atoms with Gasteiger partial charge in [0.2, 0.25) is 0 Å². The molecule has 0 aliphatic rings. The zero-order chi connectivity index (χ0) is 18.1. The van der Waals surface area contributed by atoms with Crippen molar-refractivity contribution in [3.8, 4) is 5.75 Å². The largest absolute Gasteiger partial charge is 0.494 e. The van der Waals surface area contributed by atoms with E-state index in [2.05, 4.69) is 10.3 Å². The number of carbonyl (C=O) groups excluding carboxylic acids is 1. The summed E-state index contributed by atoms with van der Waals surface area (Å²) in [5, 5.41) is 14.5. The molecule has 0 radical (unpaired) electrons. The average molecular weight is 398 g/mol. The lowest BCUT2D eigenvalue weighted by atomic mass is 10.1. The quantitative estimate of drug-likeness (QED) is 0.505. The van der Waals surface area contributed by atoms with Gasteiger partial charge in [-0.05, 0) is 24.3 Å². The van der Waals surface area contributed by atoms with Crippen LogP contribution in [0.3, 0.4) is 0 Å². The number of ether oxygens (including phenoxy) is 1. The minimum atomic E-state index is -0.691. The van der Waals surface area contributed by atoms with E-state index in [4.69, 9.17) is 27.9 Å². The van der Waals surface area contributed by atoms with Gasteiger partial charge in [-0.3, -0.25) is 20.2 Å². The molecule has 2 aromatic carbocycles. The highest BCUT2D eigenvalue weighted by Gasteiger charge is 2.22. The number of nitrogens with one attached hydrogen (secondary N) is 1. The molecular formula is C15H9Cl2N3O4S. The van der Waals surface area contributed by atoms with Crippen LogP contribution in [0.5, 0.6) is 5.75 Å². The Labute approximate surface area is 155 Å². The van der Waals surface area contributed by atoms with Crippen LogP contribution in [-0.2, 0) is 0 Å². The number of hydrogen-bond donors (Lipinski definition) is 1. The van der Waals surface area contributed by atoms with E-state index in [9.17, 15) is 14.9 Å². The molecule has 1 N–H and O–H groups in total. The third-order valence-electron chi connectivity index (χ3n) is 3.30. The van der Waals surface area contributed by atoms with E-state index < -0.39 is 10.8 Å². The SMILES string of the molecule is COc1ccc(Cl)c2sc(NC(=O)c3cc(Cl)ccc3[N+](=O)[O-])nc12. The molecule has 7 nitrogen and oxygen atoms in total. The fraction of sp³-hybridized carbons (Fsp3) is 0.0667. The van der Waals surface area contributed by atoms with E-state index in [-0.39, 0.29) is 21.4 Å². The Bertz CT molecular complexity index is 1010. The van der Waals surface area contributed by atoms with Gasteiger partial charge in [0, 0.05) is 11.1 Å². The molecule has 3 aromatic rings. The molecule has 0 saturated carbocycles. The summed E-state index contributed by atoms with van der Waals surface area (Å²) >= 11 is 13.1. The topological polar surface area (TPSA) is 94.4 Å². The van der Waals surface area contributed by atoms with Gasteiger partial charge in [-0.2, -0.15) is 0 Å². The summed E-state index contributed by atoms with van der Waals surface area (Å²) in [7, 11) is 1.50. The number of aromatic nitrogens is 1. The first-order valence-electron chi connectivity index (χ1n) is 6.79. The normalized spacial score (nSPS) is 10.7. The smallest absolute Gasteiger partial charge is 0.282 e. The molecular weight excluding hydrogens is 389 g/mol. The summed E-state index contributed by atoms with van der Waals surface area (Å²) in [6.07, 6.45) is 0. The number of rotatable bonds is 4. The molecule has 1 heterocycles. The van der Waals surface area contributed by atoms with Crippen molar-refractivity contribution in [3.05, 3.63) is 56.1 Å². The predicted octanol–water partition coefficient (Wildman–Crippen LogP) is 4.77. The Balaban J connectivity index is 1.99. The van der Waals surface area contributed by atoms with Crippen molar-refractivity contribution < 1.29 is 14.5 Å². The van der Waals surface area contributed by atoms with Crippen LogP contribution in [0.1, 0.15) is 10.4 Å². The minimum Gasteiger partial charge on any atom is -0.494 e. The van der Waals surface area contributed by atoms with Crippen LogP contribution >= 0.6 is 34.5 Å². The molecule has 0 fully saturated rings. The van der Waals surface area contributed by atoms with Crippen LogP contribution in [0.25, 0.3) is 10.2 Å². The van der Waals surface area contributed by atoms with Crippen molar-refractivity contribution in [2.45, 2.75) is 0 Å². The Morgan fingerprint density at radius 1 is 1.32 bits per heavy atom. The summed E-state index contributed by atoms with van der Waals surface area (Å²) < 4.78 is 5.85. The predicted molar refractivity (Wildman–Crippen MR) is 97.2 cm³/mol. The molecule has 0 aliphatic carbocycles. The number of benzene rings is 2. The van der Waals surface area contributed by atoms with Crippen molar-refractivity contribution >= 4 is 61.5 Å². The maximum Gasteiger partial charge on any atom is 0.282 e. The second-order valence-corrected chi connectivity index (χ2v) is 6.66. The fourth-order valence-corrected chi connectivity index (χ4v) is 3.51. The van der Waals surface area contributed by atoms with Gasteiger partial charge < -0.3 is 4.74 Å². The number of anilines is 1. The van der Waals surface area contributed by atoms with Crippen LogP contribution in [0.4, 0.5) is 10.8 Å². The molecule has 25 heavy (non-hydrogen) atoms. The highest BCUT2D eigenvalue weighted by Crippen LogP contribution is 2.37. The van der Waals surface area contributed by atoms with Gasteiger partial charge in [0.25, 0.3) is 11.6 Å². The number of nitrogens with zero attached hydrogens (tertiary/aromatic N) is 2. The molecule has 0 saturated heterocycles. The highest BCUT2D eigenvalue weighted by atomic mass is 35.5. The van der Waals surface area contributed by atoms with Gasteiger partial charge in [-0.1, -0.05) is 34.5 Å². The number of halogens is 2. The maximum absolute atomic E-state index is 12.4. The Kier molecular flexibility index (Phi) is 4.76. The van der Waals surface area contributed by atoms with E-state index in [1.54, 1.807) is 12.1 Å². The first-order chi connectivity index (χ1) is 11.9. The second-order valence-electron chi connectivity index (χ2n) is 4.82. The van der Waals surface area contributed by atoms with E-state index in [0.29, 0.717) is 21.0 Å². The van der Waals surface area contributed by atoms with Crippen LogP contribution < -0.4 is 10.1 Å². The van der Waals surface area contributed by atoms with E-state index in [0.717, 1.165) is 11.3 Å². The average Bonchev–Trinajstić information content (AvgIpc) is 2.99. The molecule has 0 bridgehead atoms. The minimum absolute atomic E-state index is 0.158. The van der Waals surface area contributed by atoms with Crippen molar-refractivity contribution in [3.63, 3.8) is 0 Å². The van der Waals surface area contributed by atoms with Gasteiger partial charge in [0.15, 0.2) is 5.13 Å². The van der Waals surface area contributed by atoms with E-state index in [1.165, 1.54) is 25.3 Å². The molecule has 0 aliphatic heterocycles. The van der Waals surface area contributed by atoms with Gasteiger partial charge in [-0.25, -0.2) is 4.98 Å². The van der Waals surface area contributed by atoms with Gasteiger partial charge in [0.05, 0.1) is 21.8 Å². The van der Waals surface area contributed by atoms with Crippen molar-refractivity contribution in [2.24, 2.45) is 0 Å². The molecule has 0 unspecified atom stereocenters. The fourth-order valence-electron chi connectivity index (χ4n) is 2.18. The summed E-state index contributed by atoms with van der Waals surface area (Å²) in [6, 6.07) is 7.08. The van der Waals surface area contributed by atoms with Gasteiger partial charge >= 0.3 is 0 Å². The number of thiazole rings is 1. The number of fused-ring (bicyclic) bond motifs is 1. The lowest BCUT2D eigenvalue weighted by Crippen LogP contribution is -2.13. The van der Waals surface area contributed by atoms with E-state index in [1.807, 2.05) is 0 Å². The summed E-state index contributed by atoms with van der Waals surface area (Å²) in [6.45, 7) is 0. The van der Waals surface area contributed by atoms with Crippen LogP contribution in [0, 0.1) is 10.1 Å². The first kappa shape index (κ1) is 17.4. The molecule has 128 valence electrons. The summed E-state index contributed by atoms with van der Waals surface area (Å²) in [5.74, 6) is -0.187. The molecule has 0 spiro atoms. The molecule has 1 amide bonds. The number of carbonyl (C=O) groups is 1. The maximum atomic E-state index is 12.4. The van der Waals surface area contributed by atoms with Crippen molar-refractivity contribution in [1.82, 2.24) is 4.98 Å². The van der Waals surface area contributed by atoms with Gasteiger partial charge in [-0.15, -0.1) is 0 Å². The van der Waals surface area contributed by atoms with Crippen molar-refractivity contribution in [1.29, 1.82) is 0 Å². The summed E-state index contributed by atoms with van der Waals surface area (Å²) in [4.78, 5) is 27.2. The zero-order valence-corrected chi connectivity index (χ0v) is 14.9. The van der Waals surface area contributed by atoms with Crippen LogP contribution in [0.2, 0.25) is 10.0 Å². The zero-order valence-electron chi connectivity index (χ0n) is 12.6. The Hall–Kier alpha value is -2.42. The number of nitro benzene ring substituents is 1. The number of amides is 1. The lowest BCUT2D eigenvalue weighted by molar-refractivity contribution is -0.385. The summed E-state index contributed by atoms with van der Waals surface area (Å²) in [5.41, 5.74) is -0.00987. The number of nitro groups is 1. The van der Waals surface area contributed by atoms with Gasteiger partial charge in [0.1, 0.15) is 16.8 Å². The third kappa shape index (κ3) is 3.37. The second kappa shape index (κ2) is 6.83. The molecule has 1 aromatic heterocycles. The van der Waals surface area contributed by atoms with Crippen LogP contribution in [-0.4, -0.2) is 22.9 Å². The Morgan fingerprint density at radius 2 is 2.08 bits per heavy atom. The third-order valence-corrected chi connectivity index (χ3v) is 4.97. The number of methoxy groups -OCH3 is 1.